The molecule has 2 aromatic rings. The zero-order chi connectivity index (χ0) is 13.8. The van der Waals surface area contributed by atoms with E-state index in [1.807, 2.05) is 0 Å². The van der Waals surface area contributed by atoms with Gasteiger partial charge in [0.25, 0.3) is 0 Å². The van der Waals surface area contributed by atoms with Crippen LogP contribution in [0.3, 0.4) is 0 Å². The van der Waals surface area contributed by atoms with E-state index in [1.54, 1.807) is 11.3 Å². The van der Waals surface area contributed by atoms with Gasteiger partial charge in [-0.2, -0.15) is 0 Å². The van der Waals surface area contributed by atoms with Crippen molar-refractivity contribution in [1.29, 1.82) is 0 Å². The highest BCUT2D eigenvalue weighted by Gasteiger charge is 2.15. The normalized spacial score (nSPS) is 12.6. The molecule has 1 N–H and O–H groups in total. The maximum atomic E-state index is 6.19. The fourth-order valence-corrected chi connectivity index (χ4v) is 3.81. The summed E-state index contributed by atoms with van der Waals surface area (Å²) in [6.45, 7) is 5.15. The lowest BCUT2D eigenvalue weighted by molar-refractivity contribution is 0.558. The summed E-state index contributed by atoms with van der Waals surface area (Å²) >= 11 is 11.4. The highest BCUT2D eigenvalue weighted by atomic mass is 79.9. The van der Waals surface area contributed by atoms with Crippen molar-refractivity contribution in [1.82, 2.24) is 5.32 Å². The van der Waals surface area contributed by atoms with Gasteiger partial charge in [-0.1, -0.05) is 46.6 Å². The second kappa shape index (κ2) is 6.89. The molecule has 0 aliphatic rings. The smallest absolute Gasteiger partial charge is 0.0960 e. The molecule has 1 nitrogen and oxygen atoms in total. The van der Waals surface area contributed by atoms with Crippen LogP contribution >= 0.6 is 38.9 Å². The molecule has 0 fully saturated rings. The van der Waals surface area contributed by atoms with Crippen molar-refractivity contribution < 1.29 is 0 Å². The van der Waals surface area contributed by atoms with Gasteiger partial charge in [0.05, 0.1) is 4.34 Å². The first kappa shape index (κ1) is 15.0. The first-order valence-corrected chi connectivity index (χ1v) is 8.32. The molecule has 0 aliphatic carbocycles. The van der Waals surface area contributed by atoms with Crippen LogP contribution in [0, 0.1) is 6.92 Å². The number of likely N-dealkylation sites (N-methyl/N-ethyl adjacent to an activating group) is 1. The highest BCUT2D eigenvalue weighted by molar-refractivity contribution is 9.10. The number of rotatable bonds is 5. The zero-order valence-corrected chi connectivity index (χ0v) is 14.2. The van der Waals surface area contributed by atoms with E-state index >= 15 is 0 Å². The molecule has 1 unspecified atom stereocenters. The lowest BCUT2D eigenvalue weighted by atomic mass is 10.0. The second-order valence-electron chi connectivity index (χ2n) is 4.55. The third-order valence-electron chi connectivity index (χ3n) is 3.00. The predicted octanol–water partition coefficient (Wildman–Crippen LogP) is 5.37. The molecule has 0 aliphatic heterocycles. The van der Waals surface area contributed by atoms with Gasteiger partial charge in [-0.05, 0) is 49.2 Å². The van der Waals surface area contributed by atoms with Crippen molar-refractivity contribution >= 4 is 38.9 Å². The summed E-state index contributed by atoms with van der Waals surface area (Å²) in [5.74, 6) is 0. The molecule has 1 aromatic carbocycles. The van der Waals surface area contributed by atoms with Crippen molar-refractivity contribution in [3.63, 3.8) is 0 Å². The first-order chi connectivity index (χ1) is 9.10. The molecule has 0 saturated carbocycles. The van der Waals surface area contributed by atoms with E-state index in [9.17, 15) is 0 Å². The maximum absolute atomic E-state index is 6.19. The third-order valence-corrected chi connectivity index (χ3v) is 5.16. The monoisotopic (exact) mass is 357 g/mol. The van der Waals surface area contributed by atoms with Crippen LogP contribution < -0.4 is 5.32 Å². The van der Waals surface area contributed by atoms with E-state index < -0.39 is 0 Å². The van der Waals surface area contributed by atoms with Gasteiger partial charge < -0.3 is 5.32 Å². The number of benzene rings is 1. The molecule has 102 valence electrons. The molecule has 0 amide bonds. The number of hydrogen-bond donors (Lipinski definition) is 1. The Morgan fingerprint density at radius 2 is 2.16 bits per heavy atom. The van der Waals surface area contributed by atoms with Crippen LogP contribution in [0.1, 0.15) is 29.0 Å². The fraction of sp³-hybridized carbons (Fsp3) is 0.333. The van der Waals surface area contributed by atoms with Crippen molar-refractivity contribution in [2.75, 3.05) is 6.54 Å². The maximum Gasteiger partial charge on any atom is 0.0960 e. The molecular formula is C15H17BrClNS. The Morgan fingerprint density at radius 3 is 2.74 bits per heavy atom. The molecule has 0 spiro atoms. The molecule has 19 heavy (non-hydrogen) atoms. The minimum absolute atomic E-state index is 0.329. The Bertz CT molecular complexity index is 533. The van der Waals surface area contributed by atoms with Crippen LogP contribution in [-0.2, 0) is 6.42 Å². The van der Waals surface area contributed by atoms with E-state index in [4.69, 9.17) is 11.6 Å². The average Bonchev–Trinajstić information content (AvgIpc) is 2.69. The van der Waals surface area contributed by atoms with E-state index in [1.165, 1.54) is 16.0 Å². The van der Waals surface area contributed by atoms with Gasteiger partial charge >= 0.3 is 0 Å². The van der Waals surface area contributed by atoms with Gasteiger partial charge in [-0.25, -0.2) is 0 Å². The van der Waals surface area contributed by atoms with Gasteiger partial charge in [0.2, 0.25) is 0 Å². The highest BCUT2D eigenvalue weighted by Crippen LogP contribution is 2.32. The van der Waals surface area contributed by atoms with E-state index in [-0.39, 0.29) is 0 Å². The summed E-state index contributed by atoms with van der Waals surface area (Å²) in [4.78, 5) is 1.31. The molecule has 1 atom stereocenters. The molecule has 0 saturated heterocycles. The quantitative estimate of drug-likeness (QED) is 0.758. The standard InChI is InChI=1S/C15H17BrClNS/c1-3-18-13(14-7-10(2)15(17)19-14)9-11-5-4-6-12(16)8-11/h4-8,13,18H,3,9H2,1-2H3. The van der Waals surface area contributed by atoms with Crippen LogP contribution in [0.5, 0.6) is 0 Å². The molecular weight excluding hydrogens is 342 g/mol. The van der Waals surface area contributed by atoms with Crippen molar-refractivity contribution in [3.8, 4) is 0 Å². The number of aryl methyl sites for hydroxylation is 1. The lowest BCUT2D eigenvalue weighted by Crippen LogP contribution is -2.22. The van der Waals surface area contributed by atoms with Crippen LogP contribution in [0.25, 0.3) is 0 Å². The summed E-state index contributed by atoms with van der Waals surface area (Å²) in [6, 6.07) is 11.0. The Hall–Kier alpha value is -0.350. The number of nitrogens with one attached hydrogen (secondary N) is 1. The van der Waals surface area contributed by atoms with Crippen LogP contribution in [0.2, 0.25) is 4.34 Å². The first-order valence-electron chi connectivity index (χ1n) is 6.33. The second-order valence-corrected chi connectivity index (χ2v) is 7.15. The molecule has 0 bridgehead atoms. The summed E-state index contributed by atoms with van der Waals surface area (Å²) < 4.78 is 2.02. The fourth-order valence-electron chi connectivity index (χ4n) is 2.07. The average molecular weight is 359 g/mol. The largest absolute Gasteiger partial charge is 0.309 e. The summed E-state index contributed by atoms with van der Waals surface area (Å²) in [6.07, 6.45) is 0.976. The predicted molar refractivity (Wildman–Crippen MR) is 88.3 cm³/mol. The van der Waals surface area contributed by atoms with Crippen molar-refractivity contribution in [3.05, 3.63) is 55.1 Å². The molecule has 2 rings (SSSR count). The molecule has 1 heterocycles. The Labute approximate surface area is 132 Å². The third kappa shape index (κ3) is 4.06. The molecule has 1 aromatic heterocycles. The van der Waals surface area contributed by atoms with E-state index in [0.29, 0.717) is 6.04 Å². The SMILES string of the molecule is CCNC(Cc1cccc(Br)c1)c1cc(C)c(Cl)s1. The Morgan fingerprint density at radius 1 is 1.37 bits per heavy atom. The molecule has 4 heteroatoms. The Balaban J connectivity index is 2.20. The summed E-state index contributed by atoms with van der Waals surface area (Å²) in [5.41, 5.74) is 2.49. The van der Waals surface area contributed by atoms with E-state index in [0.717, 1.165) is 21.8 Å². The van der Waals surface area contributed by atoms with Gasteiger partial charge in [-0.3, -0.25) is 0 Å². The van der Waals surface area contributed by atoms with Crippen LogP contribution in [-0.4, -0.2) is 6.54 Å². The summed E-state index contributed by atoms with van der Waals surface area (Å²) in [7, 11) is 0. The van der Waals surface area contributed by atoms with Crippen molar-refractivity contribution in [2.24, 2.45) is 0 Å². The molecule has 0 radical (unpaired) electrons. The van der Waals surface area contributed by atoms with E-state index in [2.05, 4.69) is 65.4 Å². The zero-order valence-electron chi connectivity index (χ0n) is 11.0. The van der Waals surface area contributed by atoms with Gasteiger partial charge in [-0.15, -0.1) is 11.3 Å². The lowest BCUT2D eigenvalue weighted by Gasteiger charge is -2.16. The number of hydrogen-bond acceptors (Lipinski definition) is 2. The minimum Gasteiger partial charge on any atom is -0.309 e. The van der Waals surface area contributed by atoms with Crippen LogP contribution in [0.4, 0.5) is 0 Å². The van der Waals surface area contributed by atoms with Gasteiger partial charge in [0.15, 0.2) is 0 Å². The van der Waals surface area contributed by atoms with Gasteiger partial charge in [0.1, 0.15) is 0 Å². The van der Waals surface area contributed by atoms with Crippen LogP contribution in [0.15, 0.2) is 34.8 Å². The summed E-state index contributed by atoms with van der Waals surface area (Å²) in [5, 5.41) is 3.54. The minimum atomic E-state index is 0.329. The Kier molecular flexibility index (Phi) is 5.46. The van der Waals surface area contributed by atoms with Gasteiger partial charge in [0, 0.05) is 15.4 Å². The van der Waals surface area contributed by atoms with Crippen molar-refractivity contribution in [2.45, 2.75) is 26.3 Å². The number of thiophene rings is 1. The number of halogens is 2. The topological polar surface area (TPSA) is 12.0 Å².